The van der Waals surface area contributed by atoms with Gasteiger partial charge in [-0.05, 0) is 37.9 Å². The molecule has 0 saturated carbocycles. The number of carbonyl (C=O) groups is 1. The fourth-order valence-electron chi connectivity index (χ4n) is 2.16. The van der Waals surface area contributed by atoms with Crippen molar-refractivity contribution in [1.29, 1.82) is 0 Å². The Morgan fingerprint density at radius 3 is 2.77 bits per heavy atom. The highest BCUT2D eigenvalue weighted by Gasteiger charge is 2.07. The molecule has 4 N–H and O–H groups in total. The standard InChI is InChI=1S/C15H22N4O.2ClH/c1-11-5-4-6-12-15(11)19-13(18-12)7-8-14(20)17-10-3-2-9-16;;/h4-6H,2-3,7-10,16H2,1H3,(H,17,20)(H,18,19);2*1H. The van der Waals surface area contributed by atoms with Crippen LogP contribution in [0.4, 0.5) is 0 Å². The van der Waals surface area contributed by atoms with Crippen LogP contribution in [0, 0.1) is 6.92 Å². The van der Waals surface area contributed by atoms with E-state index in [9.17, 15) is 4.79 Å². The van der Waals surface area contributed by atoms with Crippen molar-refractivity contribution < 1.29 is 4.79 Å². The summed E-state index contributed by atoms with van der Waals surface area (Å²) in [5.41, 5.74) is 8.58. The van der Waals surface area contributed by atoms with Gasteiger partial charge < -0.3 is 16.0 Å². The summed E-state index contributed by atoms with van der Waals surface area (Å²) in [5.74, 6) is 0.936. The molecule has 0 aliphatic carbocycles. The van der Waals surface area contributed by atoms with Crippen LogP contribution in [0.25, 0.3) is 11.0 Å². The quantitative estimate of drug-likeness (QED) is 0.673. The van der Waals surface area contributed by atoms with E-state index in [1.54, 1.807) is 0 Å². The largest absolute Gasteiger partial charge is 0.356 e. The van der Waals surface area contributed by atoms with Gasteiger partial charge in [0.25, 0.3) is 0 Å². The number of imidazole rings is 1. The average Bonchev–Trinajstić information content (AvgIpc) is 2.86. The fraction of sp³-hybridized carbons (Fsp3) is 0.467. The van der Waals surface area contributed by atoms with Crippen LogP contribution in [-0.4, -0.2) is 29.0 Å². The van der Waals surface area contributed by atoms with E-state index in [1.807, 2.05) is 25.1 Å². The van der Waals surface area contributed by atoms with Crippen molar-refractivity contribution in [1.82, 2.24) is 15.3 Å². The number of benzene rings is 1. The van der Waals surface area contributed by atoms with Gasteiger partial charge in [-0.25, -0.2) is 4.98 Å². The number of H-pyrrole nitrogens is 1. The molecule has 0 aliphatic rings. The van der Waals surface area contributed by atoms with Crippen LogP contribution in [0.3, 0.4) is 0 Å². The number of amides is 1. The smallest absolute Gasteiger partial charge is 0.220 e. The Labute approximate surface area is 143 Å². The molecule has 0 atom stereocenters. The minimum Gasteiger partial charge on any atom is -0.356 e. The van der Waals surface area contributed by atoms with Gasteiger partial charge in [-0.15, -0.1) is 24.8 Å². The number of aromatic amines is 1. The molecular formula is C15H24Cl2N4O. The molecule has 7 heteroatoms. The summed E-state index contributed by atoms with van der Waals surface area (Å²) in [4.78, 5) is 19.5. The van der Waals surface area contributed by atoms with Gasteiger partial charge in [0.2, 0.25) is 5.91 Å². The first-order chi connectivity index (χ1) is 9.70. The summed E-state index contributed by atoms with van der Waals surface area (Å²) in [6.45, 7) is 3.42. The molecule has 22 heavy (non-hydrogen) atoms. The topological polar surface area (TPSA) is 83.8 Å². The lowest BCUT2D eigenvalue weighted by atomic mass is 10.2. The van der Waals surface area contributed by atoms with E-state index in [1.165, 1.54) is 0 Å². The van der Waals surface area contributed by atoms with E-state index in [0.29, 0.717) is 25.9 Å². The third kappa shape index (κ3) is 5.83. The van der Waals surface area contributed by atoms with Gasteiger partial charge in [0.05, 0.1) is 11.0 Å². The second-order valence-electron chi connectivity index (χ2n) is 5.00. The number of fused-ring (bicyclic) bond motifs is 1. The lowest BCUT2D eigenvalue weighted by Gasteiger charge is -2.03. The lowest BCUT2D eigenvalue weighted by Crippen LogP contribution is -2.25. The summed E-state index contributed by atoms with van der Waals surface area (Å²) < 4.78 is 0. The van der Waals surface area contributed by atoms with Crippen molar-refractivity contribution in [3.63, 3.8) is 0 Å². The van der Waals surface area contributed by atoms with Gasteiger partial charge in [-0.2, -0.15) is 0 Å². The normalized spacial score (nSPS) is 9.91. The molecule has 0 saturated heterocycles. The second kappa shape index (κ2) is 10.4. The van der Waals surface area contributed by atoms with Crippen LogP contribution in [-0.2, 0) is 11.2 Å². The van der Waals surface area contributed by atoms with Crippen molar-refractivity contribution >= 4 is 41.8 Å². The zero-order valence-corrected chi connectivity index (χ0v) is 14.4. The van der Waals surface area contributed by atoms with E-state index < -0.39 is 0 Å². The molecule has 124 valence electrons. The SMILES string of the molecule is Cc1cccc2[nH]c(CCC(=O)NCCCCN)nc12.Cl.Cl. The predicted octanol–water partition coefficient (Wildman–Crippen LogP) is 2.50. The minimum atomic E-state index is 0. The van der Waals surface area contributed by atoms with Crippen LogP contribution in [0.5, 0.6) is 0 Å². The lowest BCUT2D eigenvalue weighted by molar-refractivity contribution is -0.121. The third-order valence-electron chi connectivity index (χ3n) is 3.31. The number of aromatic nitrogens is 2. The van der Waals surface area contributed by atoms with E-state index in [0.717, 1.165) is 35.3 Å². The van der Waals surface area contributed by atoms with Gasteiger partial charge >= 0.3 is 0 Å². The highest BCUT2D eigenvalue weighted by Crippen LogP contribution is 2.15. The molecule has 0 unspecified atom stereocenters. The monoisotopic (exact) mass is 346 g/mol. The van der Waals surface area contributed by atoms with Crippen LogP contribution < -0.4 is 11.1 Å². The van der Waals surface area contributed by atoms with Crippen LogP contribution in [0.2, 0.25) is 0 Å². The zero-order valence-electron chi connectivity index (χ0n) is 12.7. The summed E-state index contributed by atoms with van der Waals surface area (Å²) >= 11 is 0. The van der Waals surface area contributed by atoms with E-state index >= 15 is 0 Å². The van der Waals surface area contributed by atoms with E-state index in [2.05, 4.69) is 15.3 Å². The number of nitrogens with two attached hydrogens (primary N) is 1. The number of para-hydroxylation sites is 1. The first-order valence-electron chi connectivity index (χ1n) is 7.11. The van der Waals surface area contributed by atoms with Gasteiger partial charge in [0.1, 0.15) is 5.82 Å². The maximum Gasteiger partial charge on any atom is 0.220 e. The molecule has 2 aromatic rings. The van der Waals surface area contributed by atoms with Crippen molar-refractivity contribution in [2.24, 2.45) is 5.73 Å². The Hall–Kier alpha value is -1.30. The highest BCUT2D eigenvalue weighted by atomic mass is 35.5. The summed E-state index contributed by atoms with van der Waals surface area (Å²) in [5, 5.41) is 2.90. The van der Waals surface area contributed by atoms with Crippen LogP contribution in [0.15, 0.2) is 18.2 Å². The van der Waals surface area contributed by atoms with Crippen LogP contribution in [0.1, 0.15) is 30.7 Å². The molecule has 5 nitrogen and oxygen atoms in total. The summed E-state index contributed by atoms with van der Waals surface area (Å²) in [6.07, 6.45) is 2.98. The predicted molar refractivity (Wildman–Crippen MR) is 94.9 cm³/mol. The number of hydrogen-bond donors (Lipinski definition) is 3. The second-order valence-corrected chi connectivity index (χ2v) is 5.00. The summed E-state index contributed by atoms with van der Waals surface area (Å²) in [6, 6.07) is 6.05. The van der Waals surface area contributed by atoms with Crippen molar-refractivity contribution in [2.45, 2.75) is 32.6 Å². The molecule has 1 aromatic carbocycles. The maximum atomic E-state index is 11.7. The van der Waals surface area contributed by atoms with Crippen molar-refractivity contribution in [2.75, 3.05) is 13.1 Å². The molecule has 1 heterocycles. The number of nitrogens with one attached hydrogen (secondary N) is 2. The Kier molecular flexibility index (Phi) is 9.81. The molecule has 0 bridgehead atoms. The number of carbonyl (C=O) groups excluding carboxylic acids is 1. The first kappa shape index (κ1) is 20.7. The van der Waals surface area contributed by atoms with E-state index in [-0.39, 0.29) is 30.7 Å². The van der Waals surface area contributed by atoms with Crippen molar-refractivity contribution in [3.05, 3.63) is 29.6 Å². The Balaban J connectivity index is 0.00000220. The number of hydrogen-bond acceptors (Lipinski definition) is 3. The Bertz CT molecular complexity index is 586. The number of rotatable bonds is 7. The van der Waals surface area contributed by atoms with E-state index in [4.69, 9.17) is 5.73 Å². The van der Waals surface area contributed by atoms with Gasteiger partial charge in [0, 0.05) is 19.4 Å². The fourth-order valence-corrected chi connectivity index (χ4v) is 2.16. The first-order valence-corrected chi connectivity index (χ1v) is 7.11. The molecule has 0 aliphatic heterocycles. The molecule has 1 amide bonds. The third-order valence-corrected chi connectivity index (χ3v) is 3.31. The zero-order chi connectivity index (χ0) is 14.4. The molecule has 2 rings (SSSR count). The van der Waals surface area contributed by atoms with Gasteiger partial charge in [-0.3, -0.25) is 4.79 Å². The van der Waals surface area contributed by atoms with Gasteiger partial charge in [-0.1, -0.05) is 12.1 Å². The average molecular weight is 347 g/mol. The Morgan fingerprint density at radius 1 is 1.32 bits per heavy atom. The number of unbranched alkanes of at least 4 members (excludes halogenated alkanes) is 1. The molecule has 1 aromatic heterocycles. The molecular weight excluding hydrogens is 323 g/mol. The summed E-state index contributed by atoms with van der Waals surface area (Å²) in [7, 11) is 0. The molecule has 0 radical (unpaired) electrons. The molecule has 0 spiro atoms. The van der Waals surface area contributed by atoms with Crippen molar-refractivity contribution in [3.8, 4) is 0 Å². The molecule has 0 fully saturated rings. The number of aryl methyl sites for hydroxylation is 2. The van der Waals surface area contributed by atoms with Gasteiger partial charge in [0.15, 0.2) is 0 Å². The number of halogens is 2. The highest BCUT2D eigenvalue weighted by molar-refractivity contribution is 5.85. The Morgan fingerprint density at radius 2 is 2.09 bits per heavy atom. The number of nitrogens with zero attached hydrogens (tertiary/aromatic N) is 1. The van der Waals surface area contributed by atoms with Crippen LogP contribution >= 0.6 is 24.8 Å². The minimum absolute atomic E-state index is 0. The maximum absolute atomic E-state index is 11.7.